The molecule has 3 aromatic rings. The molecular weight excluding hydrogens is 439 g/mol. The van der Waals surface area contributed by atoms with Crippen molar-refractivity contribution in [1.82, 2.24) is 4.98 Å². The first-order valence-corrected chi connectivity index (χ1v) is 9.00. The van der Waals surface area contributed by atoms with Gasteiger partial charge in [-0.1, -0.05) is 56.4 Å². The molecule has 0 radical (unpaired) electrons. The summed E-state index contributed by atoms with van der Waals surface area (Å²) in [5.74, 6) is -0.632. The van der Waals surface area contributed by atoms with E-state index in [1.54, 1.807) is 24.5 Å². The number of pyridine rings is 1. The summed E-state index contributed by atoms with van der Waals surface area (Å²) in [7, 11) is 0. The standard InChI is InChI=1S/C19H11BrCl2N2O2/c20-15-4-1-12(2-5-15)18(13-7-9-23-10-8-13)24-26-19(25)14-3-6-16(21)17(22)11-14/h1-11H. The lowest BCUT2D eigenvalue weighted by Gasteiger charge is -2.07. The second-order valence-electron chi connectivity index (χ2n) is 5.19. The van der Waals surface area contributed by atoms with Crippen LogP contribution in [0, 0.1) is 0 Å². The highest BCUT2D eigenvalue weighted by molar-refractivity contribution is 9.10. The molecule has 0 aliphatic carbocycles. The van der Waals surface area contributed by atoms with Crippen LogP contribution in [0.15, 0.2) is 76.6 Å². The fraction of sp³-hybridized carbons (Fsp3) is 0. The van der Waals surface area contributed by atoms with Crippen molar-refractivity contribution >= 4 is 50.8 Å². The van der Waals surface area contributed by atoms with Crippen molar-refractivity contribution in [1.29, 1.82) is 0 Å². The third-order valence-corrected chi connectivity index (χ3v) is 4.71. The number of oxime groups is 1. The highest BCUT2D eigenvalue weighted by Crippen LogP contribution is 2.23. The summed E-state index contributed by atoms with van der Waals surface area (Å²) in [5.41, 5.74) is 2.33. The fourth-order valence-corrected chi connectivity index (χ4v) is 2.71. The van der Waals surface area contributed by atoms with E-state index in [1.165, 1.54) is 18.2 Å². The molecule has 0 atom stereocenters. The maximum Gasteiger partial charge on any atom is 0.365 e. The number of carbonyl (C=O) groups is 1. The Bertz CT molecular complexity index is 961. The van der Waals surface area contributed by atoms with Gasteiger partial charge in [0.1, 0.15) is 5.71 Å². The quantitative estimate of drug-likeness (QED) is 0.289. The fourth-order valence-electron chi connectivity index (χ4n) is 2.15. The van der Waals surface area contributed by atoms with E-state index in [4.69, 9.17) is 28.0 Å². The molecule has 1 aromatic heterocycles. The number of benzene rings is 2. The second-order valence-corrected chi connectivity index (χ2v) is 6.92. The van der Waals surface area contributed by atoms with Crippen molar-refractivity contribution in [3.05, 3.63) is 98.2 Å². The number of carbonyl (C=O) groups excluding carboxylic acids is 1. The van der Waals surface area contributed by atoms with E-state index in [2.05, 4.69) is 26.1 Å². The summed E-state index contributed by atoms with van der Waals surface area (Å²) in [4.78, 5) is 21.4. The third kappa shape index (κ3) is 4.49. The molecule has 3 rings (SSSR count). The Hall–Kier alpha value is -2.21. The van der Waals surface area contributed by atoms with Crippen molar-refractivity contribution < 1.29 is 9.63 Å². The summed E-state index contributed by atoms with van der Waals surface area (Å²) < 4.78 is 0.933. The maximum atomic E-state index is 12.3. The molecule has 26 heavy (non-hydrogen) atoms. The molecule has 0 bridgehead atoms. The van der Waals surface area contributed by atoms with Gasteiger partial charge in [-0.2, -0.15) is 0 Å². The highest BCUT2D eigenvalue weighted by atomic mass is 79.9. The third-order valence-electron chi connectivity index (χ3n) is 3.45. The largest absolute Gasteiger partial charge is 0.365 e. The van der Waals surface area contributed by atoms with E-state index in [0.717, 1.165) is 15.6 Å². The van der Waals surface area contributed by atoms with E-state index in [1.807, 2.05) is 24.3 Å². The van der Waals surface area contributed by atoms with Crippen LogP contribution >= 0.6 is 39.1 Å². The monoisotopic (exact) mass is 448 g/mol. The average molecular weight is 450 g/mol. The Balaban J connectivity index is 1.92. The zero-order chi connectivity index (χ0) is 18.5. The Labute approximate surface area is 168 Å². The van der Waals surface area contributed by atoms with E-state index >= 15 is 0 Å². The molecular formula is C19H11BrCl2N2O2. The van der Waals surface area contributed by atoms with E-state index < -0.39 is 5.97 Å². The molecule has 0 unspecified atom stereocenters. The van der Waals surface area contributed by atoms with Crippen LogP contribution in [0.1, 0.15) is 21.5 Å². The summed E-state index contributed by atoms with van der Waals surface area (Å²) in [6.07, 6.45) is 3.29. The summed E-state index contributed by atoms with van der Waals surface area (Å²) in [6, 6.07) is 15.6. The zero-order valence-corrected chi connectivity index (χ0v) is 16.3. The van der Waals surface area contributed by atoms with Crippen molar-refractivity contribution in [2.24, 2.45) is 5.16 Å². The second kappa shape index (κ2) is 8.45. The van der Waals surface area contributed by atoms with Gasteiger partial charge in [-0.05, 0) is 42.5 Å². The maximum absolute atomic E-state index is 12.3. The molecule has 0 saturated carbocycles. The van der Waals surface area contributed by atoms with Gasteiger partial charge in [-0.15, -0.1) is 0 Å². The summed E-state index contributed by atoms with van der Waals surface area (Å²) >= 11 is 15.2. The molecule has 0 fully saturated rings. The average Bonchev–Trinajstić information content (AvgIpc) is 2.66. The minimum absolute atomic E-state index is 0.257. The summed E-state index contributed by atoms with van der Waals surface area (Å²) in [5, 5.41) is 4.70. The van der Waals surface area contributed by atoms with Crippen LogP contribution in [0.3, 0.4) is 0 Å². The first-order chi connectivity index (χ1) is 12.5. The molecule has 0 spiro atoms. The number of hydrogen-bond donors (Lipinski definition) is 0. The smallest absolute Gasteiger partial charge is 0.312 e. The Kier molecular flexibility index (Phi) is 6.04. The zero-order valence-electron chi connectivity index (χ0n) is 13.2. The molecule has 0 saturated heterocycles. The highest BCUT2D eigenvalue weighted by Gasteiger charge is 2.13. The van der Waals surface area contributed by atoms with Gasteiger partial charge in [-0.3, -0.25) is 4.98 Å². The van der Waals surface area contributed by atoms with Crippen LogP contribution in [0.5, 0.6) is 0 Å². The molecule has 1 heterocycles. The van der Waals surface area contributed by atoms with Gasteiger partial charge >= 0.3 is 5.97 Å². The Morgan fingerprint density at radius 1 is 0.885 bits per heavy atom. The van der Waals surface area contributed by atoms with Crippen LogP contribution in [0.25, 0.3) is 0 Å². The van der Waals surface area contributed by atoms with Gasteiger partial charge in [0.05, 0.1) is 15.6 Å². The van der Waals surface area contributed by atoms with Gasteiger partial charge in [0, 0.05) is 28.0 Å². The van der Waals surface area contributed by atoms with Crippen LogP contribution in [0.2, 0.25) is 10.0 Å². The molecule has 2 aromatic carbocycles. The van der Waals surface area contributed by atoms with E-state index in [-0.39, 0.29) is 10.6 Å². The van der Waals surface area contributed by atoms with Gasteiger partial charge in [0.15, 0.2) is 0 Å². The molecule has 0 aliphatic heterocycles. The van der Waals surface area contributed by atoms with Crippen LogP contribution in [-0.4, -0.2) is 16.7 Å². The lowest BCUT2D eigenvalue weighted by molar-refractivity contribution is 0.0517. The predicted molar refractivity (Wildman–Crippen MR) is 106 cm³/mol. The molecule has 130 valence electrons. The topological polar surface area (TPSA) is 51.5 Å². The van der Waals surface area contributed by atoms with E-state index in [0.29, 0.717) is 10.7 Å². The van der Waals surface area contributed by atoms with Crippen molar-refractivity contribution in [3.8, 4) is 0 Å². The number of nitrogens with zero attached hydrogens (tertiary/aromatic N) is 2. The van der Waals surface area contributed by atoms with Crippen molar-refractivity contribution in [3.63, 3.8) is 0 Å². The van der Waals surface area contributed by atoms with Crippen LogP contribution in [0.4, 0.5) is 0 Å². The van der Waals surface area contributed by atoms with Crippen molar-refractivity contribution in [2.45, 2.75) is 0 Å². The Morgan fingerprint density at radius 3 is 2.15 bits per heavy atom. The summed E-state index contributed by atoms with van der Waals surface area (Å²) in [6.45, 7) is 0. The predicted octanol–water partition coefficient (Wildman–Crippen LogP) is 5.76. The van der Waals surface area contributed by atoms with Gasteiger partial charge < -0.3 is 4.84 Å². The number of hydrogen-bond acceptors (Lipinski definition) is 4. The molecule has 0 N–H and O–H groups in total. The Morgan fingerprint density at radius 2 is 1.50 bits per heavy atom. The SMILES string of the molecule is O=C(ON=C(c1ccncc1)c1ccc(Br)cc1)c1ccc(Cl)c(Cl)c1. The number of aromatic nitrogens is 1. The lowest BCUT2D eigenvalue weighted by atomic mass is 10.0. The van der Waals surface area contributed by atoms with Gasteiger partial charge in [0.25, 0.3) is 0 Å². The van der Waals surface area contributed by atoms with E-state index in [9.17, 15) is 4.79 Å². The first kappa shape index (κ1) is 18.6. The van der Waals surface area contributed by atoms with Crippen LogP contribution < -0.4 is 0 Å². The van der Waals surface area contributed by atoms with Gasteiger partial charge in [-0.25, -0.2) is 4.79 Å². The lowest BCUT2D eigenvalue weighted by Crippen LogP contribution is -2.08. The van der Waals surface area contributed by atoms with Crippen LogP contribution in [-0.2, 0) is 4.84 Å². The molecule has 4 nitrogen and oxygen atoms in total. The van der Waals surface area contributed by atoms with Gasteiger partial charge in [0.2, 0.25) is 0 Å². The minimum Gasteiger partial charge on any atom is -0.312 e. The molecule has 7 heteroatoms. The number of halogens is 3. The molecule has 0 amide bonds. The number of rotatable bonds is 4. The normalized spacial score (nSPS) is 11.3. The minimum atomic E-state index is -0.632. The molecule has 0 aliphatic rings. The first-order valence-electron chi connectivity index (χ1n) is 7.45. The van der Waals surface area contributed by atoms with Crippen molar-refractivity contribution in [2.75, 3.05) is 0 Å².